The molecule has 17 heavy (non-hydrogen) atoms. The second kappa shape index (κ2) is 4.96. The summed E-state index contributed by atoms with van der Waals surface area (Å²) in [5.74, 6) is 0.246. The lowest BCUT2D eigenvalue weighted by molar-refractivity contribution is 0.127. The Balaban J connectivity index is 1.99. The minimum atomic E-state index is -4.10. The maximum Gasteiger partial charge on any atom is 0.512 e. The van der Waals surface area contributed by atoms with E-state index in [2.05, 4.69) is 9.84 Å². The molecule has 4 atom stereocenters. The third-order valence-corrected chi connectivity index (χ3v) is 5.41. The van der Waals surface area contributed by atoms with Crippen molar-refractivity contribution in [2.24, 2.45) is 11.8 Å². The zero-order chi connectivity index (χ0) is 12.5. The van der Waals surface area contributed by atoms with Gasteiger partial charge in [0, 0.05) is 0 Å². The Morgan fingerprint density at radius 1 is 1.29 bits per heavy atom. The smallest absolute Gasteiger partial charge is 0.449 e. The molecule has 1 aliphatic heterocycles. The number of carboxylic acid groups (broad SMARTS) is 1. The maximum atomic E-state index is 11.7. The predicted octanol–water partition coefficient (Wildman–Crippen LogP) is 1.99. The summed E-state index contributed by atoms with van der Waals surface area (Å²) in [7, 11) is -4.10. The van der Waals surface area contributed by atoms with Crippen LogP contribution in [0.4, 0.5) is 4.79 Å². The van der Waals surface area contributed by atoms with Crippen molar-refractivity contribution in [3.05, 3.63) is 0 Å². The van der Waals surface area contributed by atoms with Gasteiger partial charge in [0.1, 0.15) is 5.78 Å². The van der Waals surface area contributed by atoms with Crippen LogP contribution in [0.15, 0.2) is 0 Å². The van der Waals surface area contributed by atoms with Gasteiger partial charge in [0.05, 0.1) is 0 Å². The van der Waals surface area contributed by atoms with Crippen LogP contribution < -0.4 is 5.32 Å². The van der Waals surface area contributed by atoms with Gasteiger partial charge in [0.25, 0.3) is 0 Å². The molecule has 0 amide bonds. The third kappa shape index (κ3) is 3.00. The number of hydrogen-bond acceptors (Lipinski definition) is 4. The van der Waals surface area contributed by atoms with Crippen LogP contribution in [0.1, 0.15) is 32.1 Å². The molecule has 1 aliphatic carbocycles. The second-order valence-electron chi connectivity index (χ2n) is 4.89. The largest absolute Gasteiger partial charge is 0.512 e. The third-order valence-electron chi connectivity index (χ3n) is 3.81. The van der Waals surface area contributed by atoms with Gasteiger partial charge in [-0.1, -0.05) is 19.3 Å². The van der Waals surface area contributed by atoms with Crippen molar-refractivity contribution < 1.29 is 23.9 Å². The zero-order valence-corrected chi connectivity index (χ0v) is 10.4. The van der Waals surface area contributed by atoms with Crippen molar-refractivity contribution in [1.29, 1.82) is 0 Å². The van der Waals surface area contributed by atoms with E-state index in [1.165, 1.54) is 6.42 Å². The van der Waals surface area contributed by atoms with E-state index in [9.17, 15) is 14.3 Å². The van der Waals surface area contributed by atoms with Gasteiger partial charge in [-0.2, -0.15) is 0 Å². The topological polar surface area (TPSA) is 95.9 Å². The number of rotatable bonds is 2. The molecule has 1 saturated carbocycles. The first-order valence-electron chi connectivity index (χ1n) is 5.97. The van der Waals surface area contributed by atoms with Crippen LogP contribution >= 0.6 is 7.60 Å². The van der Waals surface area contributed by atoms with Crippen molar-refractivity contribution in [2.75, 3.05) is 6.54 Å². The second-order valence-corrected chi connectivity index (χ2v) is 6.82. The maximum absolute atomic E-state index is 11.7. The molecule has 0 bridgehead atoms. The van der Waals surface area contributed by atoms with Crippen LogP contribution in [-0.4, -0.2) is 28.5 Å². The van der Waals surface area contributed by atoms with Crippen LogP contribution in [0.5, 0.6) is 0 Å². The Kier molecular flexibility index (Phi) is 3.76. The van der Waals surface area contributed by atoms with Gasteiger partial charge in [-0.25, -0.2) is 9.36 Å². The Morgan fingerprint density at radius 2 is 1.94 bits per heavy atom. The van der Waals surface area contributed by atoms with Gasteiger partial charge >= 0.3 is 13.8 Å². The number of carbonyl (C=O) groups is 1. The number of fused-ring (bicyclic) bond motifs is 1. The van der Waals surface area contributed by atoms with Gasteiger partial charge in [-0.3, -0.25) is 0 Å². The van der Waals surface area contributed by atoms with E-state index in [0.29, 0.717) is 24.8 Å². The fourth-order valence-electron chi connectivity index (χ4n) is 2.95. The molecule has 1 saturated heterocycles. The van der Waals surface area contributed by atoms with Crippen LogP contribution in [0.25, 0.3) is 0 Å². The predicted molar refractivity (Wildman–Crippen MR) is 60.8 cm³/mol. The number of piperidine rings is 1. The molecular formula is C10H18NO5P. The molecule has 3 N–H and O–H groups in total. The molecule has 98 valence electrons. The minimum Gasteiger partial charge on any atom is -0.449 e. The van der Waals surface area contributed by atoms with Crippen molar-refractivity contribution in [2.45, 2.75) is 37.9 Å². The average Bonchev–Trinajstić information content (AvgIpc) is 2.26. The van der Waals surface area contributed by atoms with Crippen LogP contribution in [0, 0.1) is 11.8 Å². The molecule has 2 fully saturated rings. The summed E-state index contributed by atoms with van der Waals surface area (Å²) in [6.45, 7) is 0.683. The Labute approximate surface area is 99.9 Å². The van der Waals surface area contributed by atoms with Gasteiger partial charge in [0.15, 0.2) is 0 Å². The first kappa shape index (κ1) is 12.9. The van der Waals surface area contributed by atoms with E-state index >= 15 is 0 Å². The lowest BCUT2D eigenvalue weighted by atomic mass is 9.75. The number of hydrogen-bond donors (Lipinski definition) is 3. The van der Waals surface area contributed by atoms with Crippen molar-refractivity contribution in [3.63, 3.8) is 0 Å². The van der Waals surface area contributed by atoms with Gasteiger partial charge in [-0.15, -0.1) is 0 Å². The van der Waals surface area contributed by atoms with Gasteiger partial charge in [0.2, 0.25) is 0 Å². The van der Waals surface area contributed by atoms with E-state index in [1.807, 2.05) is 0 Å². The molecule has 0 aromatic rings. The fraction of sp³-hybridized carbons (Fsp3) is 0.900. The first-order chi connectivity index (χ1) is 7.99. The molecular weight excluding hydrogens is 245 g/mol. The molecule has 0 radical (unpaired) electrons. The summed E-state index contributed by atoms with van der Waals surface area (Å²) in [6, 6.07) is 0. The summed E-state index contributed by atoms with van der Waals surface area (Å²) < 4.78 is 15.9. The summed E-state index contributed by atoms with van der Waals surface area (Å²) in [6.07, 6.45) is 3.43. The molecule has 2 rings (SSSR count). The van der Waals surface area contributed by atoms with E-state index in [-0.39, 0.29) is 0 Å². The van der Waals surface area contributed by atoms with Crippen LogP contribution in [0.3, 0.4) is 0 Å². The van der Waals surface area contributed by atoms with E-state index in [4.69, 9.17) is 5.11 Å². The summed E-state index contributed by atoms with van der Waals surface area (Å²) >= 11 is 0. The highest BCUT2D eigenvalue weighted by molar-refractivity contribution is 7.54. The highest BCUT2D eigenvalue weighted by atomic mass is 31.2. The van der Waals surface area contributed by atoms with Crippen molar-refractivity contribution in [1.82, 2.24) is 5.32 Å². The Hall–Kier alpha value is -0.580. The van der Waals surface area contributed by atoms with Crippen molar-refractivity contribution in [3.8, 4) is 0 Å². The molecule has 1 unspecified atom stereocenters. The SMILES string of the molecule is O=C(O)OP(=O)(O)[C@@H]1C[C@H]2CCCC[C@@H]2CN1. The Bertz CT molecular complexity index is 348. The van der Waals surface area contributed by atoms with Crippen LogP contribution in [-0.2, 0) is 9.09 Å². The molecule has 0 aromatic carbocycles. The van der Waals surface area contributed by atoms with E-state index < -0.39 is 19.5 Å². The average molecular weight is 263 g/mol. The molecule has 7 heteroatoms. The zero-order valence-electron chi connectivity index (χ0n) is 9.54. The molecule has 2 aliphatic rings. The lowest BCUT2D eigenvalue weighted by Gasteiger charge is -2.40. The molecule has 1 heterocycles. The highest BCUT2D eigenvalue weighted by Gasteiger charge is 2.42. The summed E-state index contributed by atoms with van der Waals surface area (Å²) in [4.78, 5) is 19.9. The molecule has 0 spiro atoms. The normalized spacial score (nSPS) is 36.6. The molecule has 0 aromatic heterocycles. The summed E-state index contributed by atoms with van der Waals surface area (Å²) in [5.41, 5.74) is 0. The number of nitrogens with one attached hydrogen (secondary N) is 1. The van der Waals surface area contributed by atoms with Crippen molar-refractivity contribution >= 4 is 13.8 Å². The monoisotopic (exact) mass is 263 g/mol. The first-order valence-corrected chi connectivity index (χ1v) is 7.62. The van der Waals surface area contributed by atoms with Gasteiger partial charge < -0.3 is 19.8 Å². The fourth-order valence-corrected chi connectivity index (χ4v) is 4.17. The molecule has 6 nitrogen and oxygen atoms in total. The highest BCUT2D eigenvalue weighted by Crippen LogP contribution is 2.52. The standard InChI is InChI=1S/C10H18NO5P/c12-10(13)16-17(14,15)9-5-7-3-1-2-4-8(7)6-11-9/h7-9,11H,1-6H2,(H,12,13)(H,14,15)/t7-,8-,9-/m1/s1. The lowest BCUT2D eigenvalue weighted by Crippen LogP contribution is -2.45. The van der Waals surface area contributed by atoms with Crippen LogP contribution in [0.2, 0.25) is 0 Å². The minimum absolute atomic E-state index is 0.424. The van der Waals surface area contributed by atoms with E-state index in [0.717, 1.165) is 19.3 Å². The van der Waals surface area contributed by atoms with Gasteiger partial charge in [-0.05, 0) is 31.2 Å². The summed E-state index contributed by atoms with van der Waals surface area (Å²) in [5, 5.41) is 11.4. The Morgan fingerprint density at radius 3 is 2.59 bits per heavy atom. The quantitative estimate of drug-likeness (QED) is 0.659. The van der Waals surface area contributed by atoms with E-state index in [1.54, 1.807) is 0 Å².